The molecule has 1 aromatic carbocycles. The SMILES string of the molecule is NNC(c1ccc(F)cc1I)C1CC1. The Kier molecular flexibility index (Phi) is 3.04. The molecule has 0 bridgehead atoms. The zero-order chi connectivity index (χ0) is 10.1. The Morgan fingerprint density at radius 3 is 2.71 bits per heavy atom. The summed E-state index contributed by atoms with van der Waals surface area (Å²) in [5, 5.41) is 0. The number of halogens is 2. The van der Waals surface area contributed by atoms with Crippen LogP contribution in [0.15, 0.2) is 18.2 Å². The summed E-state index contributed by atoms with van der Waals surface area (Å²) in [5.41, 5.74) is 3.92. The Morgan fingerprint density at radius 2 is 2.21 bits per heavy atom. The molecule has 2 rings (SSSR count). The first-order valence-electron chi connectivity index (χ1n) is 4.63. The van der Waals surface area contributed by atoms with Gasteiger partial charge in [0.25, 0.3) is 0 Å². The second-order valence-corrected chi connectivity index (χ2v) is 4.81. The molecule has 0 radical (unpaired) electrons. The lowest BCUT2D eigenvalue weighted by molar-refractivity contribution is 0.493. The van der Waals surface area contributed by atoms with Crippen molar-refractivity contribution in [1.82, 2.24) is 5.43 Å². The van der Waals surface area contributed by atoms with Crippen LogP contribution >= 0.6 is 22.6 Å². The maximum Gasteiger partial charge on any atom is 0.124 e. The van der Waals surface area contributed by atoms with Gasteiger partial charge in [-0.3, -0.25) is 11.3 Å². The maximum atomic E-state index is 12.9. The lowest BCUT2D eigenvalue weighted by Gasteiger charge is -2.16. The molecule has 0 spiro atoms. The van der Waals surface area contributed by atoms with Crippen molar-refractivity contribution in [3.63, 3.8) is 0 Å². The molecule has 1 atom stereocenters. The van der Waals surface area contributed by atoms with Gasteiger partial charge in [0, 0.05) is 9.61 Å². The molecule has 1 unspecified atom stereocenters. The zero-order valence-electron chi connectivity index (χ0n) is 7.63. The normalized spacial score (nSPS) is 18.2. The van der Waals surface area contributed by atoms with E-state index < -0.39 is 0 Å². The van der Waals surface area contributed by atoms with Gasteiger partial charge in [0.15, 0.2) is 0 Å². The van der Waals surface area contributed by atoms with Crippen molar-refractivity contribution in [2.75, 3.05) is 0 Å². The van der Waals surface area contributed by atoms with Crippen LogP contribution in [0.2, 0.25) is 0 Å². The average Bonchev–Trinajstić information content (AvgIpc) is 2.93. The summed E-state index contributed by atoms with van der Waals surface area (Å²) in [6, 6.07) is 5.04. The molecule has 1 aliphatic carbocycles. The Bertz CT molecular complexity index is 339. The Labute approximate surface area is 96.2 Å². The minimum atomic E-state index is -0.190. The molecule has 0 amide bonds. The number of hydrogen-bond donors (Lipinski definition) is 2. The van der Waals surface area contributed by atoms with Gasteiger partial charge in [-0.2, -0.15) is 0 Å². The van der Waals surface area contributed by atoms with Gasteiger partial charge in [0.1, 0.15) is 5.82 Å². The van der Waals surface area contributed by atoms with E-state index in [2.05, 4.69) is 28.0 Å². The highest BCUT2D eigenvalue weighted by molar-refractivity contribution is 14.1. The predicted octanol–water partition coefficient (Wildman–Crippen LogP) is 2.34. The molecule has 0 heterocycles. The van der Waals surface area contributed by atoms with Crippen molar-refractivity contribution in [2.24, 2.45) is 11.8 Å². The van der Waals surface area contributed by atoms with E-state index in [9.17, 15) is 4.39 Å². The predicted molar refractivity (Wildman–Crippen MR) is 61.9 cm³/mol. The van der Waals surface area contributed by atoms with E-state index in [-0.39, 0.29) is 11.9 Å². The van der Waals surface area contributed by atoms with Crippen LogP contribution in [-0.4, -0.2) is 0 Å². The molecule has 3 N–H and O–H groups in total. The molecule has 1 aromatic rings. The smallest absolute Gasteiger partial charge is 0.124 e. The third kappa shape index (κ3) is 2.07. The van der Waals surface area contributed by atoms with Crippen LogP contribution in [0, 0.1) is 15.3 Å². The monoisotopic (exact) mass is 306 g/mol. The van der Waals surface area contributed by atoms with E-state index in [1.165, 1.54) is 18.9 Å². The Morgan fingerprint density at radius 1 is 1.50 bits per heavy atom. The fourth-order valence-corrected chi connectivity index (χ4v) is 2.48. The highest BCUT2D eigenvalue weighted by atomic mass is 127. The van der Waals surface area contributed by atoms with E-state index in [1.807, 2.05) is 6.07 Å². The number of nitrogens with two attached hydrogens (primary N) is 1. The maximum absolute atomic E-state index is 12.9. The summed E-state index contributed by atoms with van der Waals surface area (Å²) in [6.45, 7) is 0. The number of nitrogens with one attached hydrogen (secondary N) is 1. The Hall–Kier alpha value is -0.200. The lowest BCUT2D eigenvalue weighted by Crippen LogP contribution is -2.30. The van der Waals surface area contributed by atoms with Crippen molar-refractivity contribution in [2.45, 2.75) is 18.9 Å². The van der Waals surface area contributed by atoms with Gasteiger partial charge >= 0.3 is 0 Å². The summed E-state index contributed by atoms with van der Waals surface area (Å²) >= 11 is 2.15. The van der Waals surface area contributed by atoms with Gasteiger partial charge < -0.3 is 0 Å². The molecule has 76 valence electrons. The first kappa shape index (κ1) is 10.3. The molecule has 1 aliphatic rings. The van der Waals surface area contributed by atoms with Gasteiger partial charge in [0.2, 0.25) is 0 Å². The van der Waals surface area contributed by atoms with Crippen molar-refractivity contribution in [3.8, 4) is 0 Å². The van der Waals surface area contributed by atoms with E-state index in [0.29, 0.717) is 5.92 Å². The van der Waals surface area contributed by atoms with Crippen LogP contribution in [0.4, 0.5) is 4.39 Å². The van der Waals surface area contributed by atoms with Crippen LogP contribution in [0.3, 0.4) is 0 Å². The number of hydrazine groups is 1. The van der Waals surface area contributed by atoms with Crippen molar-refractivity contribution >= 4 is 22.6 Å². The lowest BCUT2D eigenvalue weighted by atomic mass is 10.0. The van der Waals surface area contributed by atoms with Crippen LogP contribution in [-0.2, 0) is 0 Å². The fraction of sp³-hybridized carbons (Fsp3) is 0.400. The van der Waals surface area contributed by atoms with E-state index in [0.717, 1.165) is 9.13 Å². The molecule has 2 nitrogen and oxygen atoms in total. The molecular weight excluding hydrogens is 294 g/mol. The average molecular weight is 306 g/mol. The van der Waals surface area contributed by atoms with E-state index >= 15 is 0 Å². The van der Waals surface area contributed by atoms with Crippen LogP contribution in [0.5, 0.6) is 0 Å². The van der Waals surface area contributed by atoms with E-state index in [1.54, 1.807) is 6.07 Å². The van der Waals surface area contributed by atoms with Crippen molar-refractivity contribution in [3.05, 3.63) is 33.1 Å². The highest BCUT2D eigenvalue weighted by Gasteiger charge is 2.32. The first-order valence-corrected chi connectivity index (χ1v) is 5.71. The summed E-state index contributed by atoms with van der Waals surface area (Å²) in [6.07, 6.45) is 2.42. The molecule has 1 fully saturated rings. The van der Waals surface area contributed by atoms with Gasteiger partial charge in [0.05, 0.1) is 0 Å². The van der Waals surface area contributed by atoms with Gasteiger partial charge in [-0.25, -0.2) is 4.39 Å². The van der Waals surface area contributed by atoms with Gasteiger partial charge in [-0.1, -0.05) is 6.07 Å². The van der Waals surface area contributed by atoms with Crippen molar-refractivity contribution in [1.29, 1.82) is 0 Å². The van der Waals surface area contributed by atoms with Gasteiger partial charge in [-0.15, -0.1) is 0 Å². The third-order valence-electron chi connectivity index (χ3n) is 2.57. The largest absolute Gasteiger partial charge is 0.271 e. The molecule has 14 heavy (non-hydrogen) atoms. The topological polar surface area (TPSA) is 38.0 Å². The first-order chi connectivity index (χ1) is 6.72. The quantitative estimate of drug-likeness (QED) is 0.511. The minimum Gasteiger partial charge on any atom is -0.271 e. The molecule has 4 heteroatoms. The second kappa shape index (κ2) is 4.12. The molecule has 0 aromatic heterocycles. The molecule has 0 aliphatic heterocycles. The number of hydrogen-bond acceptors (Lipinski definition) is 2. The standard InChI is InChI=1S/C10H12FIN2/c11-7-3-4-8(9(12)5-7)10(14-13)6-1-2-6/h3-6,10,14H,1-2,13H2. The molecule has 0 saturated heterocycles. The summed E-state index contributed by atoms with van der Waals surface area (Å²) in [5.74, 6) is 5.94. The summed E-state index contributed by atoms with van der Waals surface area (Å²) in [7, 11) is 0. The minimum absolute atomic E-state index is 0.183. The number of benzene rings is 1. The molecule has 1 saturated carbocycles. The summed E-state index contributed by atoms with van der Waals surface area (Å²) in [4.78, 5) is 0. The van der Waals surface area contributed by atoms with Crippen LogP contribution in [0.25, 0.3) is 0 Å². The Balaban J connectivity index is 2.29. The third-order valence-corrected chi connectivity index (χ3v) is 3.50. The second-order valence-electron chi connectivity index (χ2n) is 3.65. The van der Waals surface area contributed by atoms with E-state index in [4.69, 9.17) is 5.84 Å². The van der Waals surface area contributed by atoms with Crippen LogP contribution < -0.4 is 11.3 Å². The van der Waals surface area contributed by atoms with Gasteiger partial charge in [-0.05, 0) is 59.0 Å². The fourth-order valence-electron chi connectivity index (χ4n) is 1.66. The van der Waals surface area contributed by atoms with Crippen LogP contribution in [0.1, 0.15) is 24.4 Å². The zero-order valence-corrected chi connectivity index (χ0v) is 9.79. The van der Waals surface area contributed by atoms with Crippen molar-refractivity contribution < 1.29 is 4.39 Å². The summed E-state index contributed by atoms with van der Waals surface area (Å²) < 4.78 is 13.8. The highest BCUT2D eigenvalue weighted by Crippen LogP contribution is 2.41. The number of rotatable bonds is 3. The molecular formula is C10H12FIN2.